The standard InChI is InChI=1S/C24H34FNO17/c25-5-10-15(31)20(42-22-18(34)16(32)13(29)11(6-27)40-22)21(43-23-19(35)17(33)14(30)12(7-28)41-23)24(39-10)38-9-3-1-8(2-4-9)26(36)37/h1-4,10-24,27-35H,5-7H2/t10-,11-,12-,13-,14-,15-,16+,17+,18+,19+,20+,21+,22-,23-,24+/m1/s1. The molecule has 0 aromatic heterocycles. The van der Waals surface area contributed by atoms with Gasteiger partial charge in [-0.25, -0.2) is 4.39 Å². The molecule has 3 saturated heterocycles. The Balaban J connectivity index is 1.68. The van der Waals surface area contributed by atoms with Crippen LogP contribution in [0.3, 0.4) is 0 Å². The Hall–Kier alpha value is -2.21. The van der Waals surface area contributed by atoms with E-state index >= 15 is 0 Å². The van der Waals surface area contributed by atoms with Crippen molar-refractivity contribution < 1.29 is 83.7 Å². The number of halogens is 1. The first-order chi connectivity index (χ1) is 20.4. The fourth-order valence-corrected chi connectivity index (χ4v) is 4.86. The highest BCUT2D eigenvalue weighted by molar-refractivity contribution is 5.36. The molecule has 18 nitrogen and oxygen atoms in total. The number of hydrogen-bond donors (Lipinski definition) is 9. The Kier molecular flexibility index (Phi) is 11.2. The lowest BCUT2D eigenvalue weighted by molar-refractivity contribution is -0.385. The summed E-state index contributed by atoms with van der Waals surface area (Å²) in [4.78, 5) is 10.4. The largest absolute Gasteiger partial charge is 0.462 e. The molecular weight excluding hydrogens is 593 g/mol. The van der Waals surface area contributed by atoms with Gasteiger partial charge in [-0.15, -0.1) is 0 Å². The van der Waals surface area contributed by atoms with Gasteiger partial charge in [0.15, 0.2) is 18.7 Å². The first-order valence-electron chi connectivity index (χ1n) is 13.1. The molecule has 4 rings (SSSR count). The van der Waals surface area contributed by atoms with Crippen LogP contribution < -0.4 is 4.74 Å². The van der Waals surface area contributed by atoms with Crippen LogP contribution in [0.1, 0.15) is 0 Å². The quantitative estimate of drug-likeness (QED) is 0.0871. The number of nitro benzene ring substituents is 1. The summed E-state index contributed by atoms with van der Waals surface area (Å²) in [5.74, 6) is -0.0846. The van der Waals surface area contributed by atoms with E-state index in [0.29, 0.717) is 0 Å². The van der Waals surface area contributed by atoms with Crippen molar-refractivity contribution >= 4 is 5.69 Å². The van der Waals surface area contributed by atoms with E-state index in [4.69, 9.17) is 28.4 Å². The second-order valence-corrected chi connectivity index (χ2v) is 10.2. The van der Waals surface area contributed by atoms with E-state index in [1.54, 1.807) is 0 Å². The topological polar surface area (TPSA) is 281 Å². The van der Waals surface area contributed by atoms with Gasteiger partial charge in [-0.3, -0.25) is 10.1 Å². The lowest BCUT2D eigenvalue weighted by Crippen LogP contribution is -2.67. The van der Waals surface area contributed by atoms with E-state index in [1.807, 2.05) is 0 Å². The maximum atomic E-state index is 14.0. The van der Waals surface area contributed by atoms with E-state index in [0.717, 1.165) is 24.3 Å². The maximum absolute atomic E-state index is 14.0. The van der Waals surface area contributed by atoms with Crippen molar-refractivity contribution in [3.8, 4) is 5.75 Å². The number of non-ortho nitro benzene ring substituents is 1. The molecule has 3 aliphatic rings. The van der Waals surface area contributed by atoms with Gasteiger partial charge >= 0.3 is 0 Å². The normalized spacial score (nSPS) is 43.7. The smallest absolute Gasteiger partial charge is 0.269 e. The van der Waals surface area contributed by atoms with Crippen LogP contribution in [-0.4, -0.2) is 163 Å². The van der Waals surface area contributed by atoms with Gasteiger partial charge in [0.2, 0.25) is 6.29 Å². The van der Waals surface area contributed by atoms with Crippen molar-refractivity contribution in [2.24, 2.45) is 0 Å². The molecule has 15 atom stereocenters. The van der Waals surface area contributed by atoms with E-state index in [2.05, 4.69) is 0 Å². The summed E-state index contributed by atoms with van der Waals surface area (Å²) < 4.78 is 47.5. The Morgan fingerprint density at radius 1 is 0.674 bits per heavy atom. The fraction of sp³-hybridized carbons (Fsp3) is 0.750. The predicted molar refractivity (Wildman–Crippen MR) is 132 cm³/mol. The number of aliphatic hydroxyl groups excluding tert-OH is 9. The molecule has 244 valence electrons. The minimum absolute atomic E-state index is 0.0846. The molecule has 3 heterocycles. The van der Waals surface area contributed by atoms with Crippen molar-refractivity contribution in [3.05, 3.63) is 34.4 Å². The molecule has 0 spiro atoms. The molecule has 0 unspecified atom stereocenters. The number of alkyl halides is 1. The van der Waals surface area contributed by atoms with Crippen LogP contribution in [0.4, 0.5) is 10.1 Å². The molecule has 0 radical (unpaired) electrons. The maximum Gasteiger partial charge on any atom is 0.269 e. The van der Waals surface area contributed by atoms with E-state index < -0.39 is 117 Å². The van der Waals surface area contributed by atoms with Crippen LogP contribution in [0, 0.1) is 10.1 Å². The van der Waals surface area contributed by atoms with Crippen molar-refractivity contribution in [1.29, 1.82) is 0 Å². The molecule has 3 aliphatic heterocycles. The van der Waals surface area contributed by atoms with Crippen LogP contribution in [0.2, 0.25) is 0 Å². The molecule has 0 saturated carbocycles. The monoisotopic (exact) mass is 627 g/mol. The minimum Gasteiger partial charge on any atom is -0.462 e. The van der Waals surface area contributed by atoms with Gasteiger partial charge in [-0.05, 0) is 12.1 Å². The zero-order valence-electron chi connectivity index (χ0n) is 22.2. The average molecular weight is 628 g/mol. The predicted octanol–water partition coefficient (Wildman–Crippen LogP) is -4.60. The van der Waals surface area contributed by atoms with Gasteiger partial charge in [0.1, 0.15) is 79.6 Å². The Morgan fingerprint density at radius 2 is 1.14 bits per heavy atom. The molecule has 0 aliphatic carbocycles. The number of nitro groups is 1. The van der Waals surface area contributed by atoms with Crippen LogP contribution >= 0.6 is 0 Å². The summed E-state index contributed by atoms with van der Waals surface area (Å²) >= 11 is 0. The molecule has 0 amide bonds. The zero-order valence-corrected chi connectivity index (χ0v) is 22.2. The van der Waals surface area contributed by atoms with Gasteiger partial charge in [-0.2, -0.15) is 0 Å². The van der Waals surface area contributed by atoms with Gasteiger partial charge in [0.05, 0.1) is 18.1 Å². The van der Waals surface area contributed by atoms with E-state index in [-0.39, 0.29) is 11.4 Å². The number of hydrogen-bond acceptors (Lipinski definition) is 17. The number of rotatable bonds is 10. The van der Waals surface area contributed by atoms with Crippen molar-refractivity contribution in [2.75, 3.05) is 19.9 Å². The molecule has 43 heavy (non-hydrogen) atoms. The second-order valence-electron chi connectivity index (χ2n) is 10.2. The van der Waals surface area contributed by atoms with Crippen molar-refractivity contribution in [3.63, 3.8) is 0 Å². The Morgan fingerprint density at radius 3 is 1.58 bits per heavy atom. The molecule has 3 fully saturated rings. The summed E-state index contributed by atoms with van der Waals surface area (Å²) in [6.07, 6.45) is -26.9. The molecule has 0 bridgehead atoms. The van der Waals surface area contributed by atoms with Gasteiger partial charge in [0.25, 0.3) is 5.69 Å². The summed E-state index contributed by atoms with van der Waals surface area (Å²) in [6.45, 7) is -2.99. The average Bonchev–Trinajstić information content (AvgIpc) is 3.00. The van der Waals surface area contributed by atoms with Crippen LogP contribution in [0.25, 0.3) is 0 Å². The minimum atomic E-state index is -1.97. The highest BCUT2D eigenvalue weighted by Crippen LogP contribution is 2.34. The third-order valence-corrected chi connectivity index (χ3v) is 7.35. The first kappa shape index (κ1) is 33.7. The highest BCUT2D eigenvalue weighted by Gasteiger charge is 2.55. The molecular formula is C24H34FNO17. The summed E-state index contributed by atoms with van der Waals surface area (Å²) in [5, 5.41) is 103. The molecule has 1 aromatic carbocycles. The number of aliphatic hydroxyl groups is 9. The summed E-state index contributed by atoms with van der Waals surface area (Å²) in [7, 11) is 0. The number of nitrogens with zero attached hydrogens (tertiary/aromatic N) is 1. The Labute approximate surface area is 242 Å². The summed E-state index contributed by atoms with van der Waals surface area (Å²) in [5.41, 5.74) is -0.299. The zero-order chi connectivity index (χ0) is 31.6. The summed E-state index contributed by atoms with van der Waals surface area (Å²) in [6, 6.07) is 4.48. The van der Waals surface area contributed by atoms with Crippen LogP contribution in [-0.2, 0) is 23.7 Å². The number of benzene rings is 1. The third-order valence-electron chi connectivity index (χ3n) is 7.35. The molecule has 9 N–H and O–H groups in total. The van der Waals surface area contributed by atoms with Crippen molar-refractivity contribution in [2.45, 2.75) is 92.1 Å². The van der Waals surface area contributed by atoms with Crippen LogP contribution in [0.5, 0.6) is 5.75 Å². The van der Waals surface area contributed by atoms with Gasteiger partial charge in [0, 0.05) is 12.1 Å². The van der Waals surface area contributed by atoms with E-state index in [9.17, 15) is 60.5 Å². The Bertz CT molecular complexity index is 1050. The lowest BCUT2D eigenvalue weighted by Gasteiger charge is -2.48. The second kappa shape index (κ2) is 14.3. The van der Waals surface area contributed by atoms with Gasteiger partial charge < -0.3 is 74.4 Å². The van der Waals surface area contributed by atoms with Gasteiger partial charge in [-0.1, -0.05) is 0 Å². The highest BCUT2D eigenvalue weighted by atomic mass is 19.1. The fourth-order valence-electron chi connectivity index (χ4n) is 4.86. The molecule has 1 aromatic rings. The van der Waals surface area contributed by atoms with Crippen LogP contribution in [0.15, 0.2) is 24.3 Å². The number of ether oxygens (including phenoxy) is 6. The molecule has 19 heteroatoms. The van der Waals surface area contributed by atoms with Crippen molar-refractivity contribution in [1.82, 2.24) is 0 Å². The third kappa shape index (κ3) is 7.05. The van der Waals surface area contributed by atoms with E-state index in [1.165, 1.54) is 0 Å². The first-order valence-corrected chi connectivity index (χ1v) is 13.1. The SMILES string of the molecule is O=[N+]([O-])c1ccc(O[C@H]2O[C@H](CF)[C@@H](O)[C@H](O[C@H]3O[C@H](CO)[C@@H](O)[C@H](O)[C@@H]3O)[C@@H]2O[C@H]2O[C@H](CO)[C@@H](O)[C@H](O)[C@@H]2O)cc1. The lowest BCUT2D eigenvalue weighted by atomic mass is 9.96.